The maximum atomic E-state index is 5.47. The van der Waals surface area contributed by atoms with Crippen molar-refractivity contribution >= 4 is 11.0 Å². The van der Waals surface area contributed by atoms with Crippen molar-refractivity contribution in [2.45, 2.75) is 13.5 Å². The summed E-state index contributed by atoms with van der Waals surface area (Å²) >= 11 is 0. The first-order valence-electron chi connectivity index (χ1n) is 4.22. The summed E-state index contributed by atoms with van der Waals surface area (Å²) in [5.41, 5.74) is 9.33. The molecular weight excluding hydrogens is 162 g/mol. The van der Waals surface area contributed by atoms with E-state index in [4.69, 9.17) is 5.73 Å². The number of aromatic nitrogens is 2. The molecule has 0 saturated carbocycles. The van der Waals surface area contributed by atoms with Gasteiger partial charge in [0.2, 0.25) is 0 Å². The van der Waals surface area contributed by atoms with Crippen LogP contribution in [0.25, 0.3) is 11.0 Å². The minimum atomic E-state index is 0.441. The van der Waals surface area contributed by atoms with Crippen molar-refractivity contribution in [2.24, 2.45) is 5.73 Å². The Morgan fingerprint density at radius 3 is 2.92 bits per heavy atom. The van der Waals surface area contributed by atoms with Crippen molar-refractivity contribution in [3.8, 4) is 0 Å². The molecule has 0 atom stereocenters. The third-order valence-electron chi connectivity index (χ3n) is 1.96. The Balaban J connectivity index is 2.66. The molecule has 0 aliphatic heterocycles. The third kappa shape index (κ3) is 1.51. The molecule has 66 valence electrons. The van der Waals surface area contributed by atoms with Gasteiger partial charge in [0.1, 0.15) is 0 Å². The monoisotopic (exact) mass is 173 g/mol. The van der Waals surface area contributed by atoms with Crippen molar-refractivity contribution in [3.05, 3.63) is 35.7 Å². The summed E-state index contributed by atoms with van der Waals surface area (Å²) in [7, 11) is 0. The maximum absolute atomic E-state index is 5.47. The van der Waals surface area contributed by atoms with Crippen molar-refractivity contribution in [1.82, 2.24) is 9.97 Å². The first-order chi connectivity index (χ1) is 6.29. The Labute approximate surface area is 76.6 Å². The first kappa shape index (κ1) is 8.13. The van der Waals surface area contributed by atoms with E-state index in [0.29, 0.717) is 6.54 Å². The van der Waals surface area contributed by atoms with Crippen LogP contribution in [0.15, 0.2) is 24.4 Å². The molecule has 0 spiro atoms. The van der Waals surface area contributed by atoms with E-state index in [0.717, 1.165) is 16.7 Å². The molecule has 13 heavy (non-hydrogen) atoms. The number of hydrogen-bond acceptors (Lipinski definition) is 3. The largest absolute Gasteiger partial charge is 0.325 e. The van der Waals surface area contributed by atoms with E-state index in [1.54, 1.807) is 6.20 Å². The highest BCUT2D eigenvalue weighted by atomic mass is 14.8. The molecule has 0 amide bonds. The Morgan fingerprint density at radius 2 is 2.15 bits per heavy atom. The lowest BCUT2D eigenvalue weighted by atomic mass is 10.2. The molecule has 2 aromatic rings. The summed E-state index contributed by atoms with van der Waals surface area (Å²) < 4.78 is 0. The zero-order chi connectivity index (χ0) is 9.26. The topological polar surface area (TPSA) is 51.8 Å². The molecule has 0 saturated heterocycles. The summed E-state index contributed by atoms with van der Waals surface area (Å²) in [5, 5.41) is 0. The van der Waals surface area contributed by atoms with Gasteiger partial charge in [0.25, 0.3) is 0 Å². The smallest absolute Gasteiger partial charge is 0.0890 e. The number of rotatable bonds is 1. The van der Waals surface area contributed by atoms with Crippen LogP contribution in [-0.2, 0) is 6.54 Å². The van der Waals surface area contributed by atoms with Gasteiger partial charge in [0.05, 0.1) is 22.9 Å². The van der Waals surface area contributed by atoms with E-state index in [1.165, 1.54) is 5.56 Å². The molecule has 1 heterocycles. The van der Waals surface area contributed by atoms with E-state index in [9.17, 15) is 0 Å². The average Bonchev–Trinajstić information content (AvgIpc) is 2.17. The molecule has 0 aliphatic rings. The summed E-state index contributed by atoms with van der Waals surface area (Å²) in [6, 6.07) is 6.01. The van der Waals surface area contributed by atoms with Gasteiger partial charge in [-0.15, -0.1) is 0 Å². The Bertz CT molecular complexity index is 437. The van der Waals surface area contributed by atoms with Crippen LogP contribution >= 0.6 is 0 Å². The minimum absolute atomic E-state index is 0.441. The maximum Gasteiger partial charge on any atom is 0.0890 e. The molecule has 3 heteroatoms. The second-order valence-electron chi connectivity index (χ2n) is 3.06. The Kier molecular flexibility index (Phi) is 1.94. The highest BCUT2D eigenvalue weighted by molar-refractivity contribution is 5.74. The van der Waals surface area contributed by atoms with Gasteiger partial charge >= 0.3 is 0 Å². The zero-order valence-electron chi connectivity index (χ0n) is 7.49. The van der Waals surface area contributed by atoms with Crippen LogP contribution in [0.4, 0.5) is 0 Å². The van der Waals surface area contributed by atoms with Gasteiger partial charge in [-0.1, -0.05) is 6.07 Å². The predicted molar refractivity (Wildman–Crippen MR) is 52.2 cm³/mol. The third-order valence-corrected chi connectivity index (χ3v) is 1.96. The van der Waals surface area contributed by atoms with Crippen molar-refractivity contribution < 1.29 is 0 Å². The normalized spacial score (nSPS) is 10.6. The summed E-state index contributed by atoms with van der Waals surface area (Å²) in [6.45, 7) is 2.48. The SMILES string of the molecule is Cc1ccc2nc(CN)cnc2c1. The molecule has 2 N–H and O–H groups in total. The van der Waals surface area contributed by atoms with Crippen molar-refractivity contribution in [2.75, 3.05) is 0 Å². The molecule has 2 rings (SSSR count). The van der Waals surface area contributed by atoms with Gasteiger partial charge in [-0.25, -0.2) is 4.98 Å². The van der Waals surface area contributed by atoms with Crippen LogP contribution in [0.5, 0.6) is 0 Å². The summed E-state index contributed by atoms with van der Waals surface area (Å²) in [4.78, 5) is 8.62. The van der Waals surface area contributed by atoms with E-state index in [1.807, 2.05) is 25.1 Å². The molecule has 0 aliphatic carbocycles. The van der Waals surface area contributed by atoms with E-state index >= 15 is 0 Å². The Hall–Kier alpha value is -1.48. The van der Waals surface area contributed by atoms with Crippen LogP contribution in [0, 0.1) is 6.92 Å². The zero-order valence-corrected chi connectivity index (χ0v) is 7.49. The van der Waals surface area contributed by atoms with Crippen LogP contribution in [0.3, 0.4) is 0 Å². The number of nitrogens with two attached hydrogens (primary N) is 1. The van der Waals surface area contributed by atoms with E-state index < -0.39 is 0 Å². The highest BCUT2D eigenvalue weighted by Gasteiger charge is 1.97. The molecule has 1 aromatic carbocycles. The fraction of sp³-hybridized carbons (Fsp3) is 0.200. The average molecular weight is 173 g/mol. The lowest BCUT2D eigenvalue weighted by Crippen LogP contribution is -2.00. The minimum Gasteiger partial charge on any atom is -0.325 e. The fourth-order valence-electron chi connectivity index (χ4n) is 1.26. The highest BCUT2D eigenvalue weighted by Crippen LogP contribution is 2.10. The van der Waals surface area contributed by atoms with E-state index in [-0.39, 0.29) is 0 Å². The van der Waals surface area contributed by atoms with Gasteiger partial charge in [-0.05, 0) is 24.6 Å². The molecule has 1 aromatic heterocycles. The van der Waals surface area contributed by atoms with Crippen molar-refractivity contribution in [1.29, 1.82) is 0 Å². The van der Waals surface area contributed by atoms with Gasteiger partial charge in [-0.3, -0.25) is 4.98 Å². The lowest BCUT2D eigenvalue weighted by Gasteiger charge is -1.99. The molecular formula is C10H11N3. The van der Waals surface area contributed by atoms with Crippen LogP contribution in [0.1, 0.15) is 11.3 Å². The number of aryl methyl sites for hydroxylation is 1. The quantitative estimate of drug-likeness (QED) is 0.709. The Morgan fingerprint density at radius 1 is 1.31 bits per heavy atom. The second kappa shape index (κ2) is 3.11. The number of nitrogens with zero attached hydrogens (tertiary/aromatic N) is 2. The molecule has 3 nitrogen and oxygen atoms in total. The van der Waals surface area contributed by atoms with E-state index in [2.05, 4.69) is 9.97 Å². The second-order valence-corrected chi connectivity index (χ2v) is 3.06. The van der Waals surface area contributed by atoms with Gasteiger partial charge in [0, 0.05) is 6.54 Å². The van der Waals surface area contributed by atoms with Crippen LogP contribution < -0.4 is 5.73 Å². The fourth-order valence-corrected chi connectivity index (χ4v) is 1.26. The molecule has 0 bridgehead atoms. The van der Waals surface area contributed by atoms with Gasteiger partial charge in [-0.2, -0.15) is 0 Å². The van der Waals surface area contributed by atoms with Crippen molar-refractivity contribution in [3.63, 3.8) is 0 Å². The number of hydrogen-bond donors (Lipinski definition) is 1. The molecule has 0 unspecified atom stereocenters. The summed E-state index contributed by atoms with van der Waals surface area (Å²) in [5.74, 6) is 0. The molecule has 0 fully saturated rings. The summed E-state index contributed by atoms with van der Waals surface area (Å²) in [6.07, 6.45) is 1.72. The predicted octanol–water partition coefficient (Wildman–Crippen LogP) is 1.40. The first-order valence-corrected chi connectivity index (χ1v) is 4.22. The lowest BCUT2D eigenvalue weighted by molar-refractivity contribution is 0.987. The van der Waals surface area contributed by atoms with Crippen LogP contribution in [-0.4, -0.2) is 9.97 Å². The van der Waals surface area contributed by atoms with Gasteiger partial charge < -0.3 is 5.73 Å². The number of fused-ring (bicyclic) bond motifs is 1. The standard InChI is InChI=1S/C10H11N3/c1-7-2-3-9-10(4-7)12-6-8(5-11)13-9/h2-4,6H,5,11H2,1H3. The number of benzene rings is 1. The molecule has 0 radical (unpaired) electrons. The van der Waals surface area contributed by atoms with Crippen LogP contribution in [0.2, 0.25) is 0 Å². The van der Waals surface area contributed by atoms with Gasteiger partial charge in [0.15, 0.2) is 0 Å².